The van der Waals surface area contributed by atoms with E-state index >= 15 is 0 Å². The van der Waals surface area contributed by atoms with Gasteiger partial charge in [0.2, 0.25) is 5.91 Å². The van der Waals surface area contributed by atoms with Gasteiger partial charge in [-0.25, -0.2) is 0 Å². The Bertz CT molecular complexity index is 1420. The molecule has 2 aromatic carbocycles. The van der Waals surface area contributed by atoms with Crippen LogP contribution in [0.15, 0.2) is 93.2 Å². The number of carbonyl (C=O) groups is 2. The summed E-state index contributed by atoms with van der Waals surface area (Å²) in [6, 6.07) is 19.7. The van der Waals surface area contributed by atoms with Crippen molar-refractivity contribution in [2.75, 3.05) is 30.1 Å². The highest BCUT2D eigenvalue weighted by Gasteiger charge is 2.36. The Morgan fingerprint density at radius 1 is 1.05 bits per heavy atom. The second kappa shape index (κ2) is 12.8. The summed E-state index contributed by atoms with van der Waals surface area (Å²) in [5, 5.41) is 19.5. The average Bonchev–Trinajstić information content (AvgIpc) is 3.48. The molecule has 9 nitrogen and oxygen atoms in total. The van der Waals surface area contributed by atoms with Crippen LogP contribution in [0.25, 0.3) is 0 Å². The number of rotatable bonds is 10. The van der Waals surface area contributed by atoms with Crippen molar-refractivity contribution in [1.82, 2.24) is 5.32 Å². The number of dihydropyridines is 1. The predicted molar refractivity (Wildman–Crippen MR) is 150 cm³/mol. The number of anilines is 2. The molecule has 0 saturated carbocycles. The van der Waals surface area contributed by atoms with E-state index < -0.39 is 5.92 Å². The molecule has 4 rings (SSSR count). The number of nitrogens with zero attached hydrogens (tertiary/aromatic N) is 1. The molecule has 0 aliphatic carbocycles. The topological polar surface area (TPSA) is 126 Å². The van der Waals surface area contributed by atoms with Crippen LogP contribution in [0, 0.1) is 11.3 Å². The number of nitriles is 1. The van der Waals surface area contributed by atoms with Gasteiger partial charge in [0, 0.05) is 17.1 Å². The number of nitrogens with one attached hydrogen (secondary N) is 3. The maximum Gasteiger partial charge on any atom is 0.254 e. The molecule has 0 fully saturated rings. The number of hydrogen-bond donors (Lipinski definition) is 3. The van der Waals surface area contributed by atoms with Gasteiger partial charge in [-0.05, 0) is 74.5 Å². The fourth-order valence-corrected chi connectivity index (χ4v) is 4.97. The van der Waals surface area contributed by atoms with Crippen LogP contribution >= 0.6 is 11.8 Å². The molecule has 2 amide bonds. The first kappa shape index (κ1) is 27.4. The average molecular weight is 545 g/mol. The number of amides is 2. The largest absolute Gasteiger partial charge is 0.497 e. The minimum absolute atomic E-state index is 0.0479. The standard InChI is InChI=1S/C29H28N4O5S/c1-4-37-22-13-9-19(10-14-22)32-25(34)17-39-29-23(16-30)27(24-6-5-15-38-24)26(18(2)31-29)28(35)33-20-7-11-21(36-3)12-8-20/h5-15,27,31H,4,17H2,1-3H3,(H,32,34)(H,33,35)/t27-/m1/s1. The molecule has 2 heterocycles. The van der Waals surface area contributed by atoms with Gasteiger partial charge in [-0.15, -0.1) is 0 Å². The van der Waals surface area contributed by atoms with E-state index in [4.69, 9.17) is 13.9 Å². The summed E-state index contributed by atoms with van der Waals surface area (Å²) < 4.78 is 16.3. The first-order chi connectivity index (χ1) is 18.9. The third-order valence-electron chi connectivity index (χ3n) is 5.86. The third kappa shape index (κ3) is 6.64. The van der Waals surface area contributed by atoms with Gasteiger partial charge < -0.3 is 29.8 Å². The maximum absolute atomic E-state index is 13.4. The fourth-order valence-electron chi connectivity index (χ4n) is 4.08. The number of benzene rings is 2. The summed E-state index contributed by atoms with van der Waals surface area (Å²) >= 11 is 1.18. The number of carbonyl (C=O) groups excluding carboxylic acids is 2. The highest BCUT2D eigenvalue weighted by Crippen LogP contribution is 2.41. The molecule has 3 N–H and O–H groups in total. The van der Waals surface area contributed by atoms with Crippen LogP contribution in [0.4, 0.5) is 11.4 Å². The smallest absolute Gasteiger partial charge is 0.254 e. The van der Waals surface area contributed by atoms with Gasteiger partial charge in [0.1, 0.15) is 17.3 Å². The Morgan fingerprint density at radius 2 is 1.72 bits per heavy atom. The first-order valence-electron chi connectivity index (χ1n) is 12.2. The van der Waals surface area contributed by atoms with Crippen molar-refractivity contribution >= 4 is 35.0 Å². The van der Waals surface area contributed by atoms with Crippen molar-refractivity contribution in [2.45, 2.75) is 19.8 Å². The van der Waals surface area contributed by atoms with Crippen molar-refractivity contribution in [1.29, 1.82) is 5.26 Å². The predicted octanol–water partition coefficient (Wildman–Crippen LogP) is 5.39. The number of hydrogen-bond acceptors (Lipinski definition) is 8. The number of furan rings is 1. The Kier molecular flexibility index (Phi) is 8.97. The van der Waals surface area contributed by atoms with E-state index in [2.05, 4.69) is 22.0 Å². The molecular weight excluding hydrogens is 516 g/mol. The zero-order chi connectivity index (χ0) is 27.8. The molecule has 1 aliphatic heterocycles. The minimum Gasteiger partial charge on any atom is -0.497 e. The highest BCUT2D eigenvalue weighted by atomic mass is 32.2. The SMILES string of the molecule is CCOc1ccc(NC(=O)CSC2=C(C#N)[C@H](c3ccco3)C(C(=O)Nc3ccc(OC)cc3)=C(C)N2)cc1. The number of thioether (sulfide) groups is 1. The first-order valence-corrected chi connectivity index (χ1v) is 13.2. The molecule has 1 aliphatic rings. The minimum atomic E-state index is -0.749. The van der Waals surface area contributed by atoms with Gasteiger partial charge in [0.15, 0.2) is 0 Å². The van der Waals surface area contributed by atoms with Crippen molar-refractivity contribution in [3.8, 4) is 17.6 Å². The summed E-state index contributed by atoms with van der Waals surface area (Å²) in [7, 11) is 1.57. The van der Waals surface area contributed by atoms with E-state index in [9.17, 15) is 14.9 Å². The Balaban J connectivity index is 1.52. The molecule has 39 heavy (non-hydrogen) atoms. The molecule has 0 saturated heterocycles. The zero-order valence-electron chi connectivity index (χ0n) is 21.7. The van der Waals surface area contributed by atoms with Crippen LogP contribution in [0.2, 0.25) is 0 Å². The van der Waals surface area contributed by atoms with Crippen LogP contribution in [0.1, 0.15) is 25.5 Å². The molecule has 1 atom stereocenters. The van der Waals surface area contributed by atoms with E-state index in [0.29, 0.717) is 45.8 Å². The molecule has 0 spiro atoms. The normalized spacial score (nSPS) is 14.8. The van der Waals surface area contributed by atoms with E-state index in [1.165, 1.54) is 18.0 Å². The van der Waals surface area contributed by atoms with Crippen molar-refractivity contribution < 1.29 is 23.5 Å². The number of methoxy groups -OCH3 is 1. The summed E-state index contributed by atoms with van der Waals surface area (Å²) in [6.45, 7) is 4.22. The summed E-state index contributed by atoms with van der Waals surface area (Å²) in [5.41, 5.74) is 2.40. The molecule has 0 radical (unpaired) electrons. The quantitative estimate of drug-likeness (QED) is 0.310. The number of ether oxygens (including phenoxy) is 2. The lowest BCUT2D eigenvalue weighted by Crippen LogP contribution is -2.31. The summed E-state index contributed by atoms with van der Waals surface area (Å²) in [4.78, 5) is 26.1. The Morgan fingerprint density at radius 3 is 2.31 bits per heavy atom. The van der Waals surface area contributed by atoms with Crippen LogP contribution < -0.4 is 25.4 Å². The van der Waals surface area contributed by atoms with E-state index in [1.54, 1.807) is 74.7 Å². The van der Waals surface area contributed by atoms with E-state index in [-0.39, 0.29) is 23.1 Å². The lowest BCUT2D eigenvalue weighted by Gasteiger charge is -2.28. The van der Waals surface area contributed by atoms with Gasteiger partial charge in [-0.1, -0.05) is 11.8 Å². The number of allylic oxidation sites excluding steroid dienone is 2. The highest BCUT2D eigenvalue weighted by molar-refractivity contribution is 8.03. The molecule has 3 aromatic rings. The van der Waals surface area contributed by atoms with Crippen molar-refractivity contribution in [3.05, 3.63) is 94.6 Å². The van der Waals surface area contributed by atoms with Gasteiger partial charge >= 0.3 is 0 Å². The van der Waals surface area contributed by atoms with Crippen molar-refractivity contribution in [2.24, 2.45) is 0 Å². The van der Waals surface area contributed by atoms with Crippen LogP contribution in [0.5, 0.6) is 11.5 Å². The molecular formula is C29H28N4O5S. The van der Waals surface area contributed by atoms with Crippen LogP contribution in [-0.2, 0) is 9.59 Å². The van der Waals surface area contributed by atoms with Crippen LogP contribution in [0.3, 0.4) is 0 Å². The molecule has 0 unspecified atom stereocenters. The summed E-state index contributed by atoms with van der Waals surface area (Å²) in [5.74, 6) is 0.515. The van der Waals surface area contributed by atoms with Crippen molar-refractivity contribution in [3.63, 3.8) is 0 Å². The van der Waals surface area contributed by atoms with E-state index in [0.717, 1.165) is 5.75 Å². The third-order valence-corrected chi connectivity index (χ3v) is 6.88. The zero-order valence-corrected chi connectivity index (χ0v) is 22.6. The van der Waals surface area contributed by atoms with Crippen LogP contribution in [-0.4, -0.2) is 31.3 Å². The lowest BCUT2D eigenvalue weighted by molar-refractivity contribution is -0.114. The summed E-state index contributed by atoms with van der Waals surface area (Å²) in [6.07, 6.45) is 1.50. The van der Waals surface area contributed by atoms with Gasteiger partial charge in [-0.2, -0.15) is 5.26 Å². The van der Waals surface area contributed by atoms with E-state index in [1.807, 2.05) is 6.92 Å². The molecule has 0 bridgehead atoms. The monoisotopic (exact) mass is 544 g/mol. The second-order valence-corrected chi connectivity index (χ2v) is 9.43. The Labute approximate surface area is 230 Å². The van der Waals surface area contributed by atoms with Gasteiger partial charge in [0.05, 0.1) is 53.9 Å². The molecule has 200 valence electrons. The Hall–Kier alpha value is -4.62. The molecule has 10 heteroatoms. The maximum atomic E-state index is 13.4. The molecule has 1 aromatic heterocycles. The van der Waals surface area contributed by atoms with Gasteiger partial charge in [0.25, 0.3) is 5.91 Å². The fraction of sp³-hybridized carbons (Fsp3) is 0.207. The second-order valence-electron chi connectivity index (χ2n) is 8.44. The lowest BCUT2D eigenvalue weighted by atomic mass is 9.85. The van der Waals surface area contributed by atoms with Gasteiger partial charge in [-0.3, -0.25) is 9.59 Å².